The molecule has 2 aromatic heterocycles. The number of carbonyl (C=O) groups is 3. The first-order valence-corrected chi connectivity index (χ1v) is 21.7. The molecule has 1 aliphatic heterocycles. The fourth-order valence-electron chi connectivity index (χ4n) is 7.88. The van der Waals surface area contributed by atoms with E-state index in [1.807, 2.05) is 72.8 Å². The maximum atomic E-state index is 16.0. The molecule has 1 fully saturated rings. The molecule has 346 valence electrons. The highest BCUT2D eigenvalue weighted by molar-refractivity contribution is 6.04. The van der Waals surface area contributed by atoms with E-state index in [1.165, 1.54) is 0 Å². The van der Waals surface area contributed by atoms with Crippen molar-refractivity contribution in [3.05, 3.63) is 167 Å². The van der Waals surface area contributed by atoms with Crippen molar-refractivity contribution in [2.45, 2.75) is 50.2 Å². The number of urea groups is 1. The van der Waals surface area contributed by atoms with Crippen molar-refractivity contribution >= 4 is 29.7 Å². The molecule has 4 aromatic carbocycles. The Morgan fingerprint density at radius 1 is 0.576 bits per heavy atom. The van der Waals surface area contributed by atoms with Gasteiger partial charge in [0.1, 0.15) is 25.8 Å². The number of nitrogens with zero attached hydrogens (tertiary/aromatic N) is 4. The maximum absolute atomic E-state index is 16.0. The third kappa shape index (κ3) is 13.2. The molecular weight excluding hydrogens is 845 g/mol. The van der Waals surface area contributed by atoms with Gasteiger partial charge in [0, 0.05) is 63.2 Å². The molecule has 7 rings (SSSR count). The average Bonchev–Trinajstić information content (AvgIpc) is 4.06. The smallest absolute Gasteiger partial charge is 0.321 e. The molecule has 0 aliphatic carbocycles. The van der Waals surface area contributed by atoms with Crippen LogP contribution in [-0.4, -0.2) is 126 Å². The topological polar surface area (TPSA) is 194 Å². The van der Waals surface area contributed by atoms with Crippen LogP contribution in [0.3, 0.4) is 0 Å². The highest BCUT2D eigenvalue weighted by Crippen LogP contribution is 2.33. The minimum absolute atomic E-state index is 0.0831. The third-order valence-corrected chi connectivity index (χ3v) is 11.0. The van der Waals surface area contributed by atoms with Gasteiger partial charge in [0.2, 0.25) is 11.9 Å². The Bertz CT molecular complexity index is 2220. The molecule has 0 spiro atoms. The number of nitrogens with one attached hydrogen (secondary N) is 4. The van der Waals surface area contributed by atoms with Crippen LogP contribution in [0.25, 0.3) is 0 Å². The molecule has 0 radical (unpaired) electrons. The van der Waals surface area contributed by atoms with Gasteiger partial charge in [-0.25, -0.2) is 14.8 Å². The molecule has 4 N–H and O–H groups in total. The maximum Gasteiger partial charge on any atom is 0.321 e. The van der Waals surface area contributed by atoms with E-state index in [9.17, 15) is 9.59 Å². The number of aromatic nitrogens is 4. The minimum Gasteiger partial charge on any atom is -0.382 e. The number of hydrogen-bond donors (Lipinski definition) is 4. The number of methoxy groups -OCH3 is 2. The number of aromatic amines is 2. The molecular formula is C49H56N8O9. The fraction of sp³-hybridized carbons (Fsp3) is 0.327. The molecule has 1 saturated heterocycles. The van der Waals surface area contributed by atoms with E-state index in [-0.39, 0.29) is 57.7 Å². The van der Waals surface area contributed by atoms with Crippen LogP contribution >= 0.6 is 0 Å². The summed E-state index contributed by atoms with van der Waals surface area (Å²) >= 11 is 0. The predicted octanol–water partition coefficient (Wildman–Crippen LogP) is 6.31. The van der Waals surface area contributed by atoms with Gasteiger partial charge in [0.15, 0.2) is 0 Å². The zero-order valence-corrected chi connectivity index (χ0v) is 37.0. The lowest BCUT2D eigenvalue weighted by atomic mass is 9.90. The Morgan fingerprint density at radius 3 is 1.39 bits per heavy atom. The number of H-pyrrole nitrogens is 2. The van der Waals surface area contributed by atoms with Crippen molar-refractivity contribution in [1.82, 2.24) is 29.7 Å². The Labute approximate surface area is 383 Å². The highest BCUT2D eigenvalue weighted by Gasteiger charge is 2.49. The second kappa shape index (κ2) is 24.5. The number of amides is 4. The van der Waals surface area contributed by atoms with E-state index < -0.39 is 24.3 Å². The summed E-state index contributed by atoms with van der Waals surface area (Å²) in [4.78, 5) is 60.7. The molecule has 0 saturated carbocycles. The van der Waals surface area contributed by atoms with Crippen LogP contribution in [-0.2, 0) is 54.4 Å². The molecule has 4 amide bonds. The SMILES string of the molecule is COCCOCO[C@@H]1[C@@H](OCOCCOC)[C@@H](Cc2ccccc2)N(Cc2cccc(C(=O)Nc3ncc[nH]3)c2)C(=O)N(Cc2cccc(C(=O)Nc3ncc[nH]3)c2)[C@@H]1Cc1ccccc1. The molecule has 0 unspecified atom stereocenters. The van der Waals surface area contributed by atoms with E-state index in [0.717, 1.165) is 11.1 Å². The fourth-order valence-corrected chi connectivity index (χ4v) is 7.88. The first-order valence-electron chi connectivity index (χ1n) is 21.7. The number of ether oxygens (including phenoxy) is 6. The number of benzene rings is 4. The summed E-state index contributed by atoms with van der Waals surface area (Å²) in [7, 11) is 3.20. The predicted molar refractivity (Wildman–Crippen MR) is 245 cm³/mol. The number of rotatable bonds is 24. The first kappa shape index (κ1) is 47.2. The second-order valence-corrected chi connectivity index (χ2v) is 15.5. The van der Waals surface area contributed by atoms with Gasteiger partial charge >= 0.3 is 6.03 Å². The molecule has 3 heterocycles. The van der Waals surface area contributed by atoms with E-state index >= 15 is 4.79 Å². The molecule has 0 bridgehead atoms. The third-order valence-electron chi connectivity index (χ3n) is 11.0. The van der Waals surface area contributed by atoms with E-state index in [2.05, 4.69) is 30.6 Å². The van der Waals surface area contributed by atoms with Crippen LogP contribution in [0.15, 0.2) is 134 Å². The Hall–Kier alpha value is -6.73. The van der Waals surface area contributed by atoms with Gasteiger partial charge in [0.25, 0.3) is 11.8 Å². The zero-order chi connectivity index (χ0) is 45.9. The minimum atomic E-state index is -0.808. The summed E-state index contributed by atoms with van der Waals surface area (Å²) in [6, 6.07) is 32.4. The Balaban J connectivity index is 1.35. The van der Waals surface area contributed by atoms with Crippen molar-refractivity contribution in [1.29, 1.82) is 0 Å². The van der Waals surface area contributed by atoms with Crippen molar-refractivity contribution < 1.29 is 42.8 Å². The van der Waals surface area contributed by atoms with Crippen molar-refractivity contribution in [3.63, 3.8) is 0 Å². The molecule has 4 atom stereocenters. The lowest BCUT2D eigenvalue weighted by molar-refractivity contribution is -0.192. The molecule has 1 aliphatic rings. The van der Waals surface area contributed by atoms with Gasteiger partial charge < -0.3 is 48.2 Å². The van der Waals surface area contributed by atoms with Crippen molar-refractivity contribution in [2.75, 3.05) is 64.9 Å². The molecule has 6 aromatic rings. The summed E-state index contributed by atoms with van der Waals surface area (Å²) in [5, 5.41) is 5.59. The van der Waals surface area contributed by atoms with Crippen LogP contribution in [0, 0.1) is 0 Å². The van der Waals surface area contributed by atoms with Crippen LogP contribution in [0.5, 0.6) is 0 Å². The number of imidazole rings is 2. The van der Waals surface area contributed by atoms with Crippen molar-refractivity contribution in [3.8, 4) is 0 Å². The van der Waals surface area contributed by atoms with Crippen LogP contribution in [0.2, 0.25) is 0 Å². The standard InChI is InChI=1S/C49H56N8O9/c1-61-23-25-63-33-65-43-41(29-35-11-5-3-6-12-35)56(31-37-15-9-17-39(27-37)45(58)54-47-50-19-20-51-47)49(60)57(32-38-16-10-18-40(28-38)46(59)55-48-52-21-22-53-48)42(30-36-13-7-4-8-14-36)44(43)66-34-64-26-24-62-2/h3-22,27-28,41-44H,23-26,29-34H2,1-2H3,(H2,50,51,54,58)(H2,52,53,55,59)/t41-,42-,43+,44+/m1/s1. The van der Waals surface area contributed by atoms with Gasteiger partial charge in [-0.15, -0.1) is 0 Å². The average molecular weight is 901 g/mol. The van der Waals surface area contributed by atoms with Crippen LogP contribution in [0.1, 0.15) is 43.0 Å². The van der Waals surface area contributed by atoms with Crippen LogP contribution in [0.4, 0.5) is 16.7 Å². The number of anilines is 2. The lowest BCUT2D eigenvalue weighted by Gasteiger charge is -2.38. The first-order chi connectivity index (χ1) is 32.4. The van der Waals surface area contributed by atoms with E-state index in [1.54, 1.807) is 85.2 Å². The molecule has 17 nitrogen and oxygen atoms in total. The van der Waals surface area contributed by atoms with Crippen molar-refractivity contribution in [2.24, 2.45) is 0 Å². The van der Waals surface area contributed by atoms with E-state index in [0.29, 0.717) is 60.2 Å². The number of hydrogen-bond acceptors (Lipinski definition) is 11. The summed E-state index contributed by atoms with van der Waals surface area (Å²) < 4.78 is 36.2. The quantitative estimate of drug-likeness (QED) is 0.0393. The Kier molecular flexibility index (Phi) is 17.6. The van der Waals surface area contributed by atoms with Gasteiger partial charge in [-0.3, -0.25) is 20.2 Å². The summed E-state index contributed by atoms with van der Waals surface area (Å²) in [5.74, 6) is -0.120. The lowest BCUT2D eigenvalue weighted by Crippen LogP contribution is -2.53. The highest BCUT2D eigenvalue weighted by atomic mass is 16.7. The van der Waals surface area contributed by atoms with Gasteiger partial charge in [-0.1, -0.05) is 84.9 Å². The van der Waals surface area contributed by atoms with Gasteiger partial charge in [-0.2, -0.15) is 0 Å². The molecule has 66 heavy (non-hydrogen) atoms. The van der Waals surface area contributed by atoms with E-state index in [4.69, 9.17) is 28.4 Å². The van der Waals surface area contributed by atoms with Crippen LogP contribution < -0.4 is 10.6 Å². The zero-order valence-electron chi connectivity index (χ0n) is 37.0. The summed E-state index contributed by atoms with van der Waals surface area (Å²) in [6.45, 7) is 1.17. The second-order valence-electron chi connectivity index (χ2n) is 15.5. The number of carbonyl (C=O) groups excluding carboxylic acids is 3. The van der Waals surface area contributed by atoms with Gasteiger partial charge in [-0.05, 0) is 59.4 Å². The monoisotopic (exact) mass is 900 g/mol. The largest absolute Gasteiger partial charge is 0.382 e. The Morgan fingerprint density at radius 2 is 1.00 bits per heavy atom. The van der Waals surface area contributed by atoms with Gasteiger partial charge in [0.05, 0.1) is 38.5 Å². The summed E-state index contributed by atoms with van der Waals surface area (Å²) in [6.07, 6.45) is 5.47. The summed E-state index contributed by atoms with van der Waals surface area (Å²) in [5.41, 5.74) is 4.06. The normalized spacial score (nSPS) is 17.4. The molecule has 17 heteroatoms.